The number of benzene rings is 4. The Bertz CT molecular complexity index is 2070. The zero-order chi connectivity index (χ0) is 30.6. The van der Waals surface area contributed by atoms with Crippen LogP contribution in [0.15, 0.2) is 124 Å². The summed E-state index contributed by atoms with van der Waals surface area (Å²) in [6.45, 7) is 1.81. The Morgan fingerprint density at radius 2 is 1.75 bits per heavy atom. The molecule has 1 N–H and O–H groups in total. The minimum Gasteiger partial charge on any atom is -0.497 e. The third-order valence-corrected chi connectivity index (χ3v) is 8.24. The lowest BCUT2D eigenvalue weighted by atomic mass is 9.95. The van der Waals surface area contributed by atoms with Crippen molar-refractivity contribution in [2.45, 2.75) is 19.6 Å². The molecule has 0 bridgehead atoms. The van der Waals surface area contributed by atoms with E-state index in [9.17, 15) is 14.0 Å². The zero-order valence-electron chi connectivity index (χ0n) is 24.0. The molecule has 2 heterocycles. The Labute approximate surface area is 256 Å². The average Bonchev–Trinajstić information content (AvgIpc) is 3.34. The number of carbonyl (C=O) groups is 1. The van der Waals surface area contributed by atoms with Crippen molar-refractivity contribution in [2.24, 2.45) is 4.99 Å². The summed E-state index contributed by atoms with van der Waals surface area (Å²) in [6.07, 6.45) is 1.74. The topological polar surface area (TPSA) is 81.9 Å². The first-order valence-corrected chi connectivity index (χ1v) is 14.7. The molecule has 9 heteroatoms. The lowest BCUT2D eigenvalue weighted by Gasteiger charge is -2.25. The summed E-state index contributed by atoms with van der Waals surface area (Å²) in [6, 6.07) is 29.4. The maximum Gasteiger partial charge on any atom is 0.271 e. The fraction of sp³-hybridized carbons (Fsp3) is 0.114. The summed E-state index contributed by atoms with van der Waals surface area (Å²) in [5.41, 5.74) is 2.98. The van der Waals surface area contributed by atoms with Gasteiger partial charge in [-0.3, -0.25) is 14.2 Å². The van der Waals surface area contributed by atoms with Gasteiger partial charge < -0.3 is 14.8 Å². The van der Waals surface area contributed by atoms with Gasteiger partial charge in [-0.1, -0.05) is 78.1 Å². The standard InChI is InChI=1S/C35H28FN3O4S/c1-22-31(33(40)38-26-14-4-3-5-15-26)32(24-13-10-16-27(19-24)42-2)39-34(41)30(44-35(39)37-22)20-23-11-7-9-18-29(23)43-21-25-12-6-8-17-28(25)36/h3-20,32H,21H2,1-2H3,(H,38,40)/b30-20-/t32-/m0/s1. The molecule has 1 amide bonds. The van der Waals surface area contributed by atoms with E-state index in [0.717, 1.165) is 0 Å². The predicted octanol–water partition coefficient (Wildman–Crippen LogP) is 5.60. The smallest absolute Gasteiger partial charge is 0.271 e. The van der Waals surface area contributed by atoms with Gasteiger partial charge in [0.2, 0.25) is 0 Å². The minimum absolute atomic E-state index is 0.0354. The molecule has 44 heavy (non-hydrogen) atoms. The molecule has 0 aliphatic carbocycles. The molecule has 5 aromatic rings. The summed E-state index contributed by atoms with van der Waals surface area (Å²) in [5.74, 6) is 0.401. The molecule has 0 saturated carbocycles. The summed E-state index contributed by atoms with van der Waals surface area (Å²) >= 11 is 1.23. The number of thiazole rings is 1. The van der Waals surface area contributed by atoms with Gasteiger partial charge >= 0.3 is 0 Å². The molecule has 7 nitrogen and oxygen atoms in total. The van der Waals surface area contributed by atoms with Crippen molar-refractivity contribution >= 4 is 29.0 Å². The number of methoxy groups -OCH3 is 1. The molecule has 4 aromatic carbocycles. The van der Waals surface area contributed by atoms with Crippen LogP contribution in [0.2, 0.25) is 0 Å². The molecule has 1 aliphatic rings. The van der Waals surface area contributed by atoms with Gasteiger partial charge in [-0.2, -0.15) is 0 Å². The molecule has 0 saturated heterocycles. The first kappa shape index (κ1) is 28.8. The van der Waals surface area contributed by atoms with Gasteiger partial charge in [-0.05, 0) is 55.0 Å². The number of carbonyl (C=O) groups excluding carboxylic acids is 1. The number of para-hydroxylation sites is 2. The van der Waals surface area contributed by atoms with Crippen molar-refractivity contribution < 1.29 is 18.7 Å². The SMILES string of the molecule is COc1cccc([C@H]2C(C(=O)Nc3ccccc3)=C(C)N=c3s/c(=C\c4ccccc4OCc4ccccc4F)c(=O)n32)c1. The number of ether oxygens (including phenoxy) is 2. The highest BCUT2D eigenvalue weighted by Crippen LogP contribution is 2.32. The van der Waals surface area contributed by atoms with Crippen LogP contribution in [0.5, 0.6) is 11.5 Å². The van der Waals surface area contributed by atoms with Gasteiger partial charge in [0.15, 0.2) is 4.80 Å². The van der Waals surface area contributed by atoms with Crippen molar-refractivity contribution in [3.8, 4) is 11.5 Å². The third-order valence-electron chi connectivity index (χ3n) is 7.25. The van der Waals surface area contributed by atoms with Crippen LogP contribution >= 0.6 is 11.3 Å². The van der Waals surface area contributed by atoms with E-state index in [0.29, 0.717) is 54.5 Å². The van der Waals surface area contributed by atoms with E-state index < -0.39 is 6.04 Å². The van der Waals surface area contributed by atoms with Gasteiger partial charge in [-0.15, -0.1) is 0 Å². The van der Waals surface area contributed by atoms with E-state index in [2.05, 4.69) is 5.32 Å². The highest BCUT2D eigenvalue weighted by Gasteiger charge is 2.32. The second kappa shape index (κ2) is 12.5. The summed E-state index contributed by atoms with van der Waals surface area (Å²) in [4.78, 5) is 33.1. The second-order valence-electron chi connectivity index (χ2n) is 10.1. The Balaban J connectivity index is 1.44. The molecule has 220 valence electrons. The number of aromatic nitrogens is 1. The molecule has 1 aliphatic heterocycles. The van der Waals surface area contributed by atoms with Gasteiger partial charge in [0.1, 0.15) is 23.9 Å². The first-order valence-electron chi connectivity index (χ1n) is 13.9. The van der Waals surface area contributed by atoms with E-state index in [-0.39, 0.29) is 23.9 Å². The van der Waals surface area contributed by atoms with Gasteiger partial charge in [-0.25, -0.2) is 9.38 Å². The Morgan fingerprint density at radius 1 is 1.00 bits per heavy atom. The molecule has 0 spiro atoms. The Hall–Kier alpha value is -5.28. The van der Waals surface area contributed by atoms with Gasteiger partial charge in [0.05, 0.1) is 29.0 Å². The van der Waals surface area contributed by atoms with E-state index in [1.54, 1.807) is 61.1 Å². The number of hydrogen-bond donors (Lipinski definition) is 1. The van der Waals surface area contributed by atoms with E-state index in [1.807, 2.05) is 60.7 Å². The van der Waals surface area contributed by atoms with Crippen LogP contribution in [-0.2, 0) is 11.4 Å². The lowest BCUT2D eigenvalue weighted by Crippen LogP contribution is -2.40. The third kappa shape index (κ3) is 5.82. The average molecular weight is 606 g/mol. The van der Waals surface area contributed by atoms with Crippen molar-refractivity contribution in [2.75, 3.05) is 12.4 Å². The fourth-order valence-electron chi connectivity index (χ4n) is 5.10. The number of halogens is 1. The van der Waals surface area contributed by atoms with E-state index in [4.69, 9.17) is 14.5 Å². The Kier molecular flexibility index (Phi) is 8.21. The Morgan fingerprint density at radius 3 is 2.55 bits per heavy atom. The molecule has 0 fully saturated rings. The van der Waals surface area contributed by atoms with Crippen LogP contribution in [-0.4, -0.2) is 17.6 Å². The number of amides is 1. The van der Waals surface area contributed by atoms with E-state index in [1.165, 1.54) is 17.4 Å². The van der Waals surface area contributed by atoms with Crippen molar-refractivity contribution in [1.29, 1.82) is 0 Å². The van der Waals surface area contributed by atoms with Crippen LogP contribution in [0.4, 0.5) is 10.1 Å². The maximum atomic E-state index is 14.2. The monoisotopic (exact) mass is 605 g/mol. The van der Waals surface area contributed by atoms with Gasteiger partial charge in [0, 0.05) is 16.8 Å². The highest BCUT2D eigenvalue weighted by atomic mass is 32.1. The highest BCUT2D eigenvalue weighted by molar-refractivity contribution is 7.07. The number of anilines is 1. The summed E-state index contributed by atoms with van der Waals surface area (Å²) in [7, 11) is 1.57. The van der Waals surface area contributed by atoms with Crippen LogP contribution in [0.1, 0.15) is 29.7 Å². The molecule has 6 rings (SSSR count). The van der Waals surface area contributed by atoms with Crippen molar-refractivity contribution in [3.63, 3.8) is 0 Å². The fourth-order valence-corrected chi connectivity index (χ4v) is 6.14. The predicted molar refractivity (Wildman–Crippen MR) is 169 cm³/mol. The maximum absolute atomic E-state index is 14.2. The van der Waals surface area contributed by atoms with Gasteiger partial charge in [0.25, 0.3) is 11.5 Å². The lowest BCUT2D eigenvalue weighted by molar-refractivity contribution is -0.113. The number of nitrogens with zero attached hydrogens (tertiary/aromatic N) is 2. The second-order valence-corrected chi connectivity index (χ2v) is 11.1. The van der Waals surface area contributed by atoms with Crippen LogP contribution in [0, 0.1) is 5.82 Å². The molecule has 1 aromatic heterocycles. The van der Waals surface area contributed by atoms with Crippen LogP contribution in [0.25, 0.3) is 6.08 Å². The molecule has 0 unspecified atom stereocenters. The first-order chi connectivity index (χ1) is 21.4. The largest absolute Gasteiger partial charge is 0.497 e. The number of rotatable bonds is 8. The quantitative estimate of drug-likeness (QED) is 0.250. The number of nitrogens with one attached hydrogen (secondary N) is 1. The number of hydrogen-bond acceptors (Lipinski definition) is 6. The number of allylic oxidation sites excluding steroid dienone is 1. The zero-order valence-corrected chi connectivity index (χ0v) is 24.8. The van der Waals surface area contributed by atoms with Crippen LogP contribution < -0.4 is 29.7 Å². The molecular weight excluding hydrogens is 577 g/mol. The summed E-state index contributed by atoms with van der Waals surface area (Å²) < 4.78 is 27.6. The normalized spacial score (nSPS) is 14.5. The summed E-state index contributed by atoms with van der Waals surface area (Å²) in [5, 5.41) is 2.96. The molecule has 1 atom stereocenters. The number of fused-ring (bicyclic) bond motifs is 1. The molecular formula is C35H28FN3O4S. The minimum atomic E-state index is -0.750. The van der Waals surface area contributed by atoms with Crippen LogP contribution in [0.3, 0.4) is 0 Å². The molecule has 0 radical (unpaired) electrons. The van der Waals surface area contributed by atoms with Crippen molar-refractivity contribution in [1.82, 2.24) is 4.57 Å². The van der Waals surface area contributed by atoms with E-state index >= 15 is 0 Å². The van der Waals surface area contributed by atoms with Crippen molar-refractivity contribution in [3.05, 3.63) is 157 Å².